The summed E-state index contributed by atoms with van der Waals surface area (Å²) in [5, 5.41) is 14.2. The number of aromatic nitrogens is 3. The highest BCUT2D eigenvalue weighted by Crippen LogP contribution is 2.43. The first-order valence-electron chi connectivity index (χ1n) is 10.4. The van der Waals surface area contributed by atoms with E-state index in [9.17, 15) is 27.1 Å². The molecule has 34 heavy (non-hydrogen) atoms. The Kier molecular flexibility index (Phi) is 5.15. The van der Waals surface area contributed by atoms with Crippen LogP contribution in [0.5, 0.6) is 17.4 Å². The Labute approximate surface area is 189 Å². The van der Waals surface area contributed by atoms with Crippen LogP contribution in [-0.4, -0.2) is 26.2 Å². The van der Waals surface area contributed by atoms with Crippen molar-refractivity contribution in [3.8, 4) is 23.1 Å². The van der Waals surface area contributed by atoms with Crippen molar-refractivity contribution in [3.63, 3.8) is 0 Å². The standard InChI is InChI=1S/C22H18F5N3O4/c1-11(12-5-6-16-17(9-12)34-22(26,27)33-16)32-18-10-13(7-8-28-18)30-19-14(3-2-4-15(19)31)20(29-30)21(23,24)25/h5-11,15,31H,2-4H2,1H3/t11-,15?/m1/s1. The first-order valence-corrected chi connectivity index (χ1v) is 10.4. The molecular weight excluding hydrogens is 465 g/mol. The van der Waals surface area contributed by atoms with E-state index >= 15 is 0 Å². The lowest BCUT2D eigenvalue weighted by Crippen LogP contribution is -2.25. The van der Waals surface area contributed by atoms with Gasteiger partial charge in [0.1, 0.15) is 6.10 Å². The zero-order valence-electron chi connectivity index (χ0n) is 17.6. The van der Waals surface area contributed by atoms with Gasteiger partial charge in [0.15, 0.2) is 17.2 Å². The third kappa shape index (κ3) is 4.02. The van der Waals surface area contributed by atoms with E-state index in [1.54, 1.807) is 6.92 Å². The molecule has 0 amide bonds. The molecule has 0 radical (unpaired) electrons. The Bertz CT molecular complexity index is 1240. The molecule has 3 heterocycles. The molecule has 1 unspecified atom stereocenters. The van der Waals surface area contributed by atoms with Crippen molar-refractivity contribution in [2.24, 2.45) is 0 Å². The predicted molar refractivity (Wildman–Crippen MR) is 106 cm³/mol. The Morgan fingerprint density at radius 2 is 1.94 bits per heavy atom. The van der Waals surface area contributed by atoms with Gasteiger partial charge in [0.05, 0.1) is 17.5 Å². The largest absolute Gasteiger partial charge is 0.586 e. The number of rotatable bonds is 4. The number of nitrogens with zero attached hydrogens (tertiary/aromatic N) is 3. The van der Waals surface area contributed by atoms with E-state index in [4.69, 9.17) is 4.74 Å². The summed E-state index contributed by atoms with van der Waals surface area (Å²) in [6.45, 7) is 1.64. The van der Waals surface area contributed by atoms with Crippen LogP contribution in [-0.2, 0) is 12.6 Å². The van der Waals surface area contributed by atoms with Gasteiger partial charge in [-0.05, 0) is 49.9 Å². The van der Waals surface area contributed by atoms with Crippen LogP contribution in [0.2, 0.25) is 0 Å². The number of halogens is 5. The smallest absolute Gasteiger partial charge is 0.470 e. The lowest BCUT2D eigenvalue weighted by molar-refractivity contribution is -0.286. The quantitative estimate of drug-likeness (QED) is 0.520. The van der Waals surface area contributed by atoms with Crippen LogP contribution in [0.3, 0.4) is 0 Å². The number of alkyl halides is 5. The number of hydrogen-bond donors (Lipinski definition) is 1. The van der Waals surface area contributed by atoms with Crippen molar-refractivity contribution in [1.82, 2.24) is 14.8 Å². The van der Waals surface area contributed by atoms with E-state index in [0.29, 0.717) is 18.4 Å². The van der Waals surface area contributed by atoms with Gasteiger partial charge >= 0.3 is 12.5 Å². The molecule has 1 N–H and O–H groups in total. The molecule has 1 aliphatic carbocycles. The Morgan fingerprint density at radius 3 is 2.71 bits per heavy atom. The summed E-state index contributed by atoms with van der Waals surface area (Å²) in [6, 6.07) is 7.04. The SMILES string of the molecule is C[C@@H](Oc1cc(-n2nc(C(F)(F)F)c3c2C(O)CCC3)ccn1)c1ccc2c(c1)OC(F)(F)O2. The highest BCUT2D eigenvalue weighted by atomic mass is 19.4. The number of aliphatic hydroxyl groups excluding tert-OH is 1. The van der Waals surface area contributed by atoms with Gasteiger partial charge in [-0.2, -0.15) is 18.3 Å². The highest BCUT2D eigenvalue weighted by Gasteiger charge is 2.44. The number of hydrogen-bond acceptors (Lipinski definition) is 6. The molecule has 2 atom stereocenters. The summed E-state index contributed by atoms with van der Waals surface area (Å²) in [4.78, 5) is 4.09. The molecule has 1 aromatic carbocycles. The summed E-state index contributed by atoms with van der Waals surface area (Å²) < 4.78 is 82.9. The van der Waals surface area contributed by atoms with E-state index in [-0.39, 0.29) is 40.7 Å². The minimum atomic E-state index is -4.66. The van der Waals surface area contributed by atoms with Crippen LogP contribution in [0.1, 0.15) is 54.5 Å². The third-order valence-electron chi connectivity index (χ3n) is 5.67. The van der Waals surface area contributed by atoms with Gasteiger partial charge in [-0.15, -0.1) is 8.78 Å². The number of ether oxygens (including phenoxy) is 3. The van der Waals surface area contributed by atoms with Gasteiger partial charge < -0.3 is 19.3 Å². The Morgan fingerprint density at radius 1 is 1.18 bits per heavy atom. The molecule has 0 spiro atoms. The molecule has 0 bridgehead atoms. The lowest BCUT2D eigenvalue weighted by atomic mass is 9.93. The van der Waals surface area contributed by atoms with Gasteiger partial charge in [-0.3, -0.25) is 0 Å². The number of aliphatic hydroxyl groups is 1. The topological polar surface area (TPSA) is 78.6 Å². The van der Waals surface area contributed by atoms with Crippen molar-refractivity contribution >= 4 is 0 Å². The minimum Gasteiger partial charge on any atom is -0.470 e. The predicted octanol–water partition coefficient (Wildman–Crippen LogP) is 5.12. The fraction of sp³-hybridized carbons (Fsp3) is 0.364. The van der Waals surface area contributed by atoms with Crippen molar-refractivity contribution in [2.45, 2.75) is 50.9 Å². The van der Waals surface area contributed by atoms with Crippen LogP contribution in [0.4, 0.5) is 22.0 Å². The highest BCUT2D eigenvalue weighted by molar-refractivity contribution is 5.46. The van der Waals surface area contributed by atoms with Crippen LogP contribution in [0.15, 0.2) is 36.5 Å². The van der Waals surface area contributed by atoms with Gasteiger partial charge in [0, 0.05) is 17.8 Å². The van der Waals surface area contributed by atoms with E-state index in [1.165, 1.54) is 36.5 Å². The van der Waals surface area contributed by atoms with Crippen molar-refractivity contribution < 1.29 is 41.3 Å². The van der Waals surface area contributed by atoms with Crippen molar-refractivity contribution in [3.05, 3.63) is 59.0 Å². The molecule has 12 heteroatoms. The molecule has 7 nitrogen and oxygen atoms in total. The summed E-state index contributed by atoms with van der Waals surface area (Å²) in [6.07, 6.45) is -7.92. The molecule has 0 fully saturated rings. The zero-order chi connectivity index (χ0) is 24.3. The first-order chi connectivity index (χ1) is 16.0. The third-order valence-corrected chi connectivity index (χ3v) is 5.67. The lowest BCUT2D eigenvalue weighted by Gasteiger charge is -2.20. The maximum Gasteiger partial charge on any atom is 0.586 e. The maximum atomic E-state index is 13.6. The molecule has 5 rings (SSSR count). The summed E-state index contributed by atoms with van der Waals surface area (Å²) >= 11 is 0. The second-order valence-corrected chi connectivity index (χ2v) is 8.02. The van der Waals surface area contributed by atoms with E-state index in [0.717, 1.165) is 4.68 Å². The van der Waals surface area contributed by atoms with E-state index < -0.39 is 30.4 Å². The van der Waals surface area contributed by atoms with E-state index in [2.05, 4.69) is 19.6 Å². The van der Waals surface area contributed by atoms with Crippen LogP contribution >= 0.6 is 0 Å². The van der Waals surface area contributed by atoms with Gasteiger partial charge in [0.25, 0.3) is 0 Å². The average Bonchev–Trinajstić information content (AvgIpc) is 3.30. The Balaban J connectivity index is 1.44. The molecule has 0 saturated heterocycles. The first kappa shape index (κ1) is 22.4. The van der Waals surface area contributed by atoms with Crippen LogP contribution in [0.25, 0.3) is 5.69 Å². The monoisotopic (exact) mass is 483 g/mol. The van der Waals surface area contributed by atoms with Crippen LogP contribution in [0, 0.1) is 0 Å². The summed E-state index contributed by atoms with van der Waals surface area (Å²) in [5.74, 6) is -0.184. The Hall–Kier alpha value is -3.41. The second-order valence-electron chi connectivity index (χ2n) is 8.02. The summed E-state index contributed by atoms with van der Waals surface area (Å²) in [5.41, 5.74) is -0.226. The fourth-order valence-corrected chi connectivity index (χ4v) is 4.15. The van der Waals surface area contributed by atoms with Crippen LogP contribution < -0.4 is 14.2 Å². The van der Waals surface area contributed by atoms with Gasteiger partial charge in [-0.25, -0.2) is 9.67 Å². The van der Waals surface area contributed by atoms with E-state index in [1.807, 2.05) is 0 Å². The number of benzene rings is 1. The molecule has 0 saturated carbocycles. The molecule has 1 aliphatic heterocycles. The number of fused-ring (bicyclic) bond motifs is 2. The molecule has 180 valence electrons. The van der Waals surface area contributed by atoms with Crippen molar-refractivity contribution in [1.29, 1.82) is 0 Å². The number of pyridine rings is 1. The van der Waals surface area contributed by atoms with Crippen molar-refractivity contribution in [2.75, 3.05) is 0 Å². The normalized spacial score (nSPS) is 19.6. The molecule has 2 aliphatic rings. The summed E-state index contributed by atoms with van der Waals surface area (Å²) in [7, 11) is 0. The molecule has 2 aromatic heterocycles. The second kappa shape index (κ2) is 7.83. The minimum absolute atomic E-state index is 0.0175. The fourth-order valence-electron chi connectivity index (χ4n) is 4.15. The zero-order valence-corrected chi connectivity index (χ0v) is 17.6. The van der Waals surface area contributed by atoms with Gasteiger partial charge in [0.2, 0.25) is 5.88 Å². The van der Waals surface area contributed by atoms with Gasteiger partial charge in [-0.1, -0.05) is 6.07 Å². The average molecular weight is 483 g/mol. The molecular formula is C22H18F5N3O4. The maximum absolute atomic E-state index is 13.6. The molecule has 3 aromatic rings.